The highest BCUT2D eigenvalue weighted by Gasteiger charge is 2.23. The molecule has 0 aliphatic carbocycles. The van der Waals surface area contributed by atoms with Crippen LogP contribution in [-0.2, 0) is 0 Å². The zero-order valence-corrected chi connectivity index (χ0v) is 11.2. The molecule has 1 unspecified atom stereocenters. The monoisotopic (exact) mass is 254 g/mol. The van der Waals surface area contributed by atoms with Crippen LogP contribution in [0.5, 0.6) is 5.88 Å². The number of anilines is 2. The van der Waals surface area contributed by atoms with Crippen molar-refractivity contribution in [1.29, 1.82) is 0 Å². The number of hydrogen-bond acceptors (Lipinski definition) is 6. The Kier molecular flexibility index (Phi) is 5.15. The molecule has 1 heterocycles. The molecule has 0 bridgehead atoms. The number of nitrogen functional groups attached to an aromatic ring is 1. The quantitative estimate of drug-likeness (QED) is 0.681. The summed E-state index contributed by atoms with van der Waals surface area (Å²) in [6.45, 7) is 6.45. The Hall–Kier alpha value is -1.56. The Bertz CT molecular complexity index is 380. The van der Waals surface area contributed by atoms with Crippen LogP contribution < -0.4 is 15.8 Å². The SMILES string of the molecule is CCCOc1ncnc(NC(C)(CC)CO)c1N. The van der Waals surface area contributed by atoms with E-state index in [1.807, 2.05) is 20.8 Å². The average Bonchev–Trinajstić information content (AvgIpc) is 2.39. The minimum Gasteiger partial charge on any atom is -0.476 e. The van der Waals surface area contributed by atoms with Crippen molar-refractivity contribution in [1.82, 2.24) is 9.97 Å². The fourth-order valence-electron chi connectivity index (χ4n) is 1.32. The first kappa shape index (κ1) is 14.5. The summed E-state index contributed by atoms with van der Waals surface area (Å²) in [5.41, 5.74) is 5.87. The lowest BCUT2D eigenvalue weighted by molar-refractivity contribution is 0.218. The Labute approximate surface area is 108 Å². The Morgan fingerprint density at radius 1 is 1.44 bits per heavy atom. The molecule has 1 aromatic rings. The van der Waals surface area contributed by atoms with Crippen molar-refractivity contribution in [2.45, 2.75) is 39.2 Å². The maximum Gasteiger partial charge on any atom is 0.242 e. The van der Waals surface area contributed by atoms with Gasteiger partial charge in [0.05, 0.1) is 18.8 Å². The van der Waals surface area contributed by atoms with E-state index in [2.05, 4.69) is 15.3 Å². The molecule has 0 amide bonds. The summed E-state index contributed by atoms with van der Waals surface area (Å²) in [4.78, 5) is 8.09. The summed E-state index contributed by atoms with van der Waals surface area (Å²) in [5.74, 6) is 0.875. The predicted octanol–water partition coefficient (Wildman–Crippen LogP) is 1.42. The molecule has 0 spiro atoms. The maximum atomic E-state index is 9.37. The number of nitrogens with zero attached hydrogens (tertiary/aromatic N) is 2. The first-order chi connectivity index (χ1) is 8.56. The van der Waals surface area contributed by atoms with Crippen LogP contribution in [0.1, 0.15) is 33.6 Å². The second-order valence-electron chi connectivity index (χ2n) is 4.49. The van der Waals surface area contributed by atoms with Gasteiger partial charge in [0, 0.05) is 0 Å². The molecular weight excluding hydrogens is 232 g/mol. The highest BCUT2D eigenvalue weighted by molar-refractivity contribution is 5.67. The normalized spacial score (nSPS) is 14.0. The third-order valence-corrected chi connectivity index (χ3v) is 2.84. The standard InChI is InChI=1S/C12H22N4O2/c1-4-6-18-11-9(13)10(14-8-15-11)16-12(3,5-2)7-17/h8,17H,4-7,13H2,1-3H3,(H,14,15,16). The minimum absolute atomic E-state index is 0.00189. The molecule has 18 heavy (non-hydrogen) atoms. The van der Waals surface area contributed by atoms with Crippen molar-refractivity contribution in [2.24, 2.45) is 0 Å². The van der Waals surface area contributed by atoms with Gasteiger partial charge in [-0.15, -0.1) is 0 Å². The summed E-state index contributed by atoms with van der Waals surface area (Å²) in [7, 11) is 0. The molecule has 0 aliphatic rings. The van der Waals surface area contributed by atoms with Crippen molar-refractivity contribution in [2.75, 3.05) is 24.3 Å². The molecule has 102 valence electrons. The van der Waals surface area contributed by atoms with Gasteiger partial charge in [-0.25, -0.2) is 4.98 Å². The lowest BCUT2D eigenvalue weighted by Crippen LogP contribution is -2.38. The molecular formula is C12H22N4O2. The van der Waals surface area contributed by atoms with Gasteiger partial charge in [0.25, 0.3) is 0 Å². The molecule has 6 nitrogen and oxygen atoms in total. The van der Waals surface area contributed by atoms with Crippen molar-refractivity contribution >= 4 is 11.5 Å². The number of ether oxygens (including phenoxy) is 1. The Morgan fingerprint density at radius 2 is 2.17 bits per heavy atom. The number of nitrogens with two attached hydrogens (primary N) is 1. The van der Waals surface area contributed by atoms with E-state index < -0.39 is 5.54 Å². The summed E-state index contributed by atoms with van der Waals surface area (Å²) >= 11 is 0. The van der Waals surface area contributed by atoms with Gasteiger partial charge in [0.2, 0.25) is 5.88 Å². The summed E-state index contributed by atoms with van der Waals surface area (Å²) in [6, 6.07) is 0. The van der Waals surface area contributed by atoms with Crippen molar-refractivity contribution < 1.29 is 9.84 Å². The van der Waals surface area contributed by atoms with Crippen LogP contribution in [0.25, 0.3) is 0 Å². The lowest BCUT2D eigenvalue weighted by atomic mass is 10.0. The van der Waals surface area contributed by atoms with Gasteiger partial charge in [0.15, 0.2) is 5.82 Å². The first-order valence-electron chi connectivity index (χ1n) is 6.18. The Balaban J connectivity index is 2.89. The molecule has 0 saturated carbocycles. The van der Waals surface area contributed by atoms with E-state index in [1.54, 1.807) is 0 Å². The molecule has 1 atom stereocenters. The smallest absolute Gasteiger partial charge is 0.242 e. The van der Waals surface area contributed by atoms with Gasteiger partial charge in [0.1, 0.15) is 12.0 Å². The topological polar surface area (TPSA) is 93.3 Å². The predicted molar refractivity (Wildman–Crippen MR) is 71.6 cm³/mol. The lowest BCUT2D eigenvalue weighted by Gasteiger charge is -2.28. The summed E-state index contributed by atoms with van der Waals surface area (Å²) in [6.07, 6.45) is 3.03. The second kappa shape index (κ2) is 6.39. The molecule has 1 rings (SSSR count). The molecule has 0 fully saturated rings. The van der Waals surface area contributed by atoms with Crippen LogP contribution in [-0.4, -0.2) is 33.8 Å². The highest BCUT2D eigenvalue weighted by Crippen LogP contribution is 2.27. The highest BCUT2D eigenvalue weighted by atomic mass is 16.5. The number of rotatable bonds is 7. The largest absolute Gasteiger partial charge is 0.476 e. The van der Waals surface area contributed by atoms with E-state index >= 15 is 0 Å². The van der Waals surface area contributed by atoms with Crippen LogP contribution in [0, 0.1) is 0 Å². The van der Waals surface area contributed by atoms with Crippen molar-refractivity contribution in [3.05, 3.63) is 6.33 Å². The van der Waals surface area contributed by atoms with E-state index in [0.29, 0.717) is 24.0 Å². The molecule has 0 radical (unpaired) electrons. The van der Waals surface area contributed by atoms with Gasteiger partial charge in [-0.3, -0.25) is 0 Å². The first-order valence-corrected chi connectivity index (χ1v) is 6.18. The molecule has 0 saturated heterocycles. The molecule has 6 heteroatoms. The van der Waals surface area contributed by atoms with E-state index in [1.165, 1.54) is 6.33 Å². The number of aromatic nitrogens is 2. The zero-order chi connectivity index (χ0) is 13.6. The van der Waals surface area contributed by atoms with Gasteiger partial charge >= 0.3 is 0 Å². The van der Waals surface area contributed by atoms with Crippen LogP contribution in [0.15, 0.2) is 6.33 Å². The molecule has 1 aromatic heterocycles. The second-order valence-corrected chi connectivity index (χ2v) is 4.49. The fourth-order valence-corrected chi connectivity index (χ4v) is 1.32. The maximum absolute atomic E-state index is 9.37. The minimum atomic E-state index is -0.454. The number of aliphatic hydroxyl groups excluding tert-OH is 1. The van der Waals surface area contributed by atoms with Gasteiger partial charge in [-0.2, -0.15) is 4.98 Å². The van der Waals surface area contributed by atoms with Crippen LogP contribution in [0.4, 0.5) is 11.5 Å². The third kappa shape index (κ3) is 3.46. The van der Waals surface area contributed by atoms with E-state index in [4.69, 9.17) is 10.5 Å². The number of hydrogen-bond donors (Lipinski definition) is 3. The van der Waals surface area contributed by atoms with E-state index in [0.717, 1.165) is 12.8 Å². The average molecular weight is 254 g/mol. The number of aliphatic hydroxyl groups is 1. The van der Waals surface area contributed by atoms with Crippen LogP contribution >= 0.6 is 0 Å². The van der Waals surface area contributed by atoms with E-state index in [-0.39, 0.29) is 6.61 Å². The van der Waals surface area contributed by atoms with Gasteiger partial charge < -0.3 is 20.9 Å². The molecule has 4 N–H and O–H groups in total. The number of nitrogens with one attached hydrogen (secondary N) is 1. The zero-order valence-electron chi connectivity index (χ0n) is 11.2. The molecule has 0 aromatic carbocycles. The van der Waals surface area contributed by atoms with Crippen molar-refractivity contribution in [3.63, 3.8) is 0 Å². The summed E-state index contributed by atoms with van der Waals surface area (Å²) < 4.78 is 5.43. The van der Waals surface area contributed by atoms with Crippen LogP contribution in [0.3, 0.4) is 0 Å². The molecule has 0 aliphatic heterocycles. The van der Waals surface area contributed by atoms with Gasteiger partial charge in [-0.1, -0.05) is 13.8 Å². The fraction of sp³-hybridized carbons (Fsp3) is 0.667. The van der Waals surface area contributed by atoms with E-state index in [9.17, 15) is 5.11 Å². The van der Waals surface area contributed by atoms with Gasteiger partial charge in [-0.05, 0) is 19.8 Å². The Morgan fingerprint density at radius 3 is 2.72 bits per heavy atom. The third-order valence-electron chi connectivity index (χ3n) is 2.84. The van der Waals surface area contributed by atoms with Crippen molar-refractivity contribution in [3.8, 4) is 5.88 Å². The van der Waals surface area contributed by atoms with Crippen LogP contribution in [0.2, 0.25) is 0 Å². The summed E-state index contributed by atoms with van der Waals surface area (Å²) in [5, 5.41) is 12.5.